The molecule has 0 saturated carbocycles. The molecule has 0 radical (unpaired) electrons. The van der Waals surface area contributed by atoms with Crippen LogP contribution in [0.2, 0.25) is 0 Å². The molecule has 0 atom stereocenters. The molecule has 6 nitrogen and oxygen atoms in total. The number of benzene rings is 2. The number of nitrogens with zero attached hydrogens (tertiary/aromatic N) is 2. The first-order chi connectivity index (χ1) is 15.4. The van der Waals surface area contributed by atoms with E-state index in [0.29, 0.717) is 65.2 Å². The largest absolute Gasteiger partial charge is 0.497 e. The van der Waals surface area contributed by atoms with E-state index in [-0.39, 0.29) is 18.1 Å². The number of ketones is 1. The van der Waals surface area contributed by atoms with E-state index < -0.39 is 11.4 Å². The summed E-state index contributed by atoms with van der Waals surface area (Å²) in [7, 11) is 1.56. The van der Waals surface area contributed by atoms with E-state index in [1.807, 2.05) is 6.92 Å². The van der Waals surface area contributed by atoms with Crippen LogP contribution >= 0.6 is 0 Å². The highest BCUT2D eigenvalue weighted by molar-refractivity contribution is 6.06. The van der Waals surface area contributed by atoms with Gasteiger partial charge in [0.05, 0.1) is 30.2 Å². The lowest BCUT2D eigenvalue weighted by Crippen LogP contribution is -2.52. The molecule has 0 aliphatic carbocycles. The smallest absolute Gasteiger partial charge is 0.254 e. The van der Waals surface area contributed by atoms with Gasteiger partial charge in [0.15, 0.2) is 5.78 Å². The van der Waals surface area contributed by atoms with Gasteiger partial charge >= 0.3 is 0 Å². The normalized spacial score (nSPS) is 17.2. The highest BCUT2D eigenvalue weighted by atomic mass is 19.1. The number of piperidine rings is 1. The standard InChI is InChI=1S/C25H23FN2O4/c1-15-11-19(18-12-16(26)3-5-21(18)27-15)24(30)28-9-7-25(8-10-28)14-22(29)20-13-17(31-2)4-6-23(20)32-25/h3-6,11-13H,7-10,14H2,1-2H3. The molecular weight excluding hydrogens is 411 g/mol. The first-order valence-electron chi connectivity index (χ1n) is 10.6. The minimum Gasteiger partial charge on any atom is -0.497 e. The monoisotopic (exact) mass is 434 g/mol. The number of methoxy groups -OCH3 is 1. The molecule has 0 bridgehead atoms. The van der Waals surface area contributed by atoms with Crippen molar-refractivity contribution in [2.24, 2.45) is 0 Å². The van der Waals surface area contributed by atoms with Crippen LogP contribution in [-0.4, -0.2) is 47.4 Å². The predicted octanol–water partition coefficient (Wildman–Crippen LogP) is 4.33. The van der Waals surface area contributed by atoms with Crippen LogP contribution in [0.5, 0.6) is 11.5 Å². The number of pyridine rings is 1. The third-order valence-electron chi connectivity index (χ3n) is 6.39. The molecule has 2 aromatic carbocycles. The number of aromatic nitrogens is 1. The quantitative estimate of drug-likeness (QED) is 0.601. The predicted molar refractivity (Wildman–Crippen MR) is 117 cm³/mol. The molecule has 1 fully saturated rings. The summed E-state index contributed by atoms with van der Waals surface area (Å²) in [5, 5.41) is 0.507. The summed E-state index contributed by atoms with van der Waals surface area (Å²) in [6, 6.07) is 11.3. The molecule has 2 aliphatic heterocycles. The lowest BCUT2D eigenvalue weighted by molar-refractivity contribution is -0.00572. The average Bonchev–Trinajstić information content (AvgIpc) is 2.79. The zero-order valence-corrected chi connectivity index (χ0v) is 18.0. The van der Waals surface area contributed by atoms with Crippen LogP contribution in [-0.2, 0) is 0 Å². The summed E-state index contributed by atoms with van der Waals surface area (Å²) < 4.78 is 25.4. The number of Topliss-reactive ketones (excluding diaryl/α,β-unsaturated/α-hetero) is 1. The zero-order chi connectivity index (χ0) is 22.5. The fourth-order valence-electron chi connectivity index (χ4n) is 4.67. The van der Waals surface area contributed by atoms with E-state index in [1.54, 1.807) is 42.3 Å². The second-order valence-electron chi connectivity index (χ2n) is 8.51. The number of aryl methyl sites for hydroxylation is 1. The van der Waals surface area contributed by atoms with Crippen molar-refractivity contribution >= 4 is 22.6 Å². The van der Waals surface area contributed by atoms with E-state index in [4.69, 9.17) is 9.47 Å². The maximum Gasteiger partial charge on any atom is 0.254 e. The van der Waals surface area contributed by atoms with Gasteiger partial charge < -0.3 is 14.4 Å². The molecule has 5 rings (SSSR count). The first-order valence-corrected chi connectivity index (χ1v) is 10.6. The third kappa shape index (κ3) is 3.47. The molecule has 7 heteroatoms. The van der Waals surface area contributed by atoms with Gasteiger partial charge in [-0.1, -0.05) is 0 Å². The van der Waals surface area contributed by atoms with E-state index >= 15 is 0 Å². The van der Waals surface area contributed by atoms with Gasteiger partial charge in [0, 0.05) is 37.0 Å². The molecule has 1 saturated heterocycles. The van der Waals surface area contributed by atoms with Crippen molar-refractivity contribution in [1.82, 2.24) is 9.88 Å². The van der Waals surface area contributed by atoms with Crippen LogP contribution in [0.15, 0.2) is 42.5 Å². The van der Waals surface area contributed by atoms with Gasteiger partial charge in [-0.3, -0.25) is 14.6 Å². The Bertz CT molecular complexity index is 1250. The number of amides is 1. The van der Waals surface area contributed by atoms with Crippen molar-refractivity contribution in [3.8, 4) is 11.5 Å². The average molecular weight is 434 g/mol. The molecule has 32 heavy (non-hydrogen) atoms. The second kappa shape index (κ2) is 7.58. The van der Waals surface area contributed by atoms with E-state index in [0.717, 1.165) is 0 Å². The Morgan fingerprint density at radius 1 is 1.16 bits per heavy atom. The SMILES string of the molecule is COc1ccc2c(c1)C(=O)CC1(CCN(C(=O)c3cc(C)nc4ccc(F)cc34)CC1)O2. The molecule has 3 heterocycles. The first kappa shape index (κ1) is 20.4. The number of likely N-dealkylation sites (tertiary alicyclic amines) is 1. The number of rotatable bonds is 2. The van der Waals surface area contributed by atoms with E-state index in [1.165, 1.54) is 12.1 Å². The zero-order valence-electron chi connectivity index (χ0n) is 18.0. The number of carbonyl (C=O) groups excluding carboxylic acids is 2. The maximum absolute atomic E-state index is 13.9. The fraction of sp³-hybridized carbons (Fsp3) is 0.320. The summed E-state index contributed by atoms with van der Waals surface area (Å²) in [5.74, 6) is 0.644. The van der Waals surface area contributed by atoms with Crippen LogP contribution in [0.3, 0.4) is 0 Å². The minimum atomic E-state index is -0.613. The molecule has 1 amide bonds. The van der Waals surface area contributed by atoms with Crippen LogP contribution in [0.4, 0.5) is 4.39 Å². The number of hydrogen-bond acceptors (Lipinski definition) is 5. The van der Waals surface area contributed by atoms with Crippen molar-refractivity contribution in [1.29, 1.82) is 0 Å². The summed E-state index contributed by atoms with van der Waals surface area (Å²) >= 11 is 0. The molecule has 1 spiro atoms. The van der Waals surface area contributed by atoms with Gasteiger partial charge in [0.2, 0.25) is 0 Å². The Hall–Kier alpha value is -3.48. The Morgan fingerprint density at radius 2 is 1.94 bits per heavy atom. The lowest BCUT2D eigenvalue weighted by Gasteiger charge is -2.44. The number of hydrogen-bond donors (Lipinski definition) is 0. The Morgan fingerprint density at radius 3 is 2.69 bits per heavy atom. The molecule has 0 N–H and O–H groups in total. The molecule has 1 aromatic heterocycles. The van der Waals surface area contributed by atoms with Gasteiger partial charge in [-0.05, 0) is 49.4 Å². The van der Waals surface area contributed by atoms with Crippen molar-refractivity contribution in [3.05, 3.63) is 65.1 Å². The second-order valence-corrected chi connectivity index (χ2v) is 8.51. The molecule has 164 valence electrons. The minimum absolute atomic E-state index is 0.0242. The number of fused-ring (bicyclic) bond motifs is 2. The van der Waals surface area contributed by atoms with E-state index in [2.05, 4.69) is 4.98 Å². The highest BCUT2D eigenvalue weighted by Gasteiger charge is 2.44. The van der Waals surface area contributed by atoms with E-state index in [9.17, 15) is 14.0 Å². The van der Waals surface area contributed by atoms with Crippen LogP contribution in [0.1, 0.15) is 45.7 Å². The molecular formula is C25H23FN2O4. The number of ether oxygens (including phenoxy) is 2. The van der Waals surface area contributed by atoms with Gasteiger partial charge in [-0.25, -0.2) is 4.39 Å². The Kier molecular flexibility index (Phi) is 4.84. The van der Waals surface area contributed by atoms with Gasteiger partial charge in [-0.15, -0.1) is 0 Å². The third-order valence-corrected chi connectivity index (χ3v) is 6.39. The van der Waals surface area contributed by atoms with Crippen molar-refractivity contribution in [3.63, 3.8) is 0 Å². The fourth-order valence-corrected chi connectivity index (χ4v) is 4.67. The van der Waals surface area contributed by atoms with Gasteiger partial charge in [0.1, 0.15) is 22.9 Å². The summed E-state index contributed by atoms with van der Waals surface area (Å²) in [6.45, 7) is 2.73. The molecule has 3 aromatic rings. The highest BCUT2D eigenvalue weighted by Crippen LogP contribution is 2.40. The lowest BCUT2D eigenvalue weighted by atomic mass is 9.82. The van der Waals surface area contributed by atoms with Crippen LogP contribution in [0, 0.1) is 12.7 Å². The number of halogens is 1. The summed E-state index contributed by atoms with van der Waals surface area (Å²) in [5.41, 5.74) is 1.67. The van der Waals surface area contributed by atoms with Crippen molar-refractivity contribution in [2.75, 3.05) is 20.2 Å². The van der Waals surface area contributed by atoms with Crippen molar-refractivity contribution in [2.45, 2.75) is 31.8 Å². The van der Waals surface area contributed by atoms with Crippen molar-refractivity contribution < 1.29 is 23.5 Å². The van der Waals surface area contributed by atoms with Crippen LogP contribution < -0.4 is 9.47 Å². The maximum atomic E-state index is 13.9. The summed E-state index contributed by atoms with van der Waals surface area (Å²) in [4.78, 5) is 32.3. The topological polar surface area (TPSA) is 68.7 Å². The van der Waals surface area contributed by atoms with Crippen LogP contribution in [0.25, 0.3) is 10.9 Å². The summed E-state index contributed by atoms with van der Waals surface area (Å²) in [6.07, 6.45) is 1.37. The Labute approximate surface area is 185 Å². The van der Waals surface area contributed by atoms with Gasteiger partial charge in [-0.2, -0.15) is 0 Å². The molecule has 2 aliphatic rings. The van der Waals surface area contributed by atoms with Gasteiger partial charge in [0.25, 0.3) is 5.91 Å². The number of carbonyl (C=O) groups is 2. The Balaban J connectivity index is 1.37. The molecule has 0 unspecified atom stereocenters.